The number of hydrogen-bond acceptors (Lipinski definition) is 5. The highest BCUT2D eigenvalue weighted by Gasteiger charge is 2.06. The summed E-state index contributed by atoms with van der Waals surface area (Å²) < 4.78 is 1.09. The van der Waals surface area contributed by atoms with Crippen LogP contribution in [0.1, 0.15) is 11.4 Å². The van der Waals surface area contributed by atoms with Crippen molar-refractivity contribution in [2.24, 2.45) is 0 Å². The first-order valence-corrected chi connectivity index (χ1v) is 6.53. The number of benzene rings is 1. The molecule has 1 amide bonds. The number of carbonyl (C=O) groups excluding carboxylic acids is 1. The van der Waals surface area contributed by atoms with Crippen LogP contribution in [0, 0.1) is 6.92 Å². The average molecular weight is 264 g/mol. The fourth-order valence-corrected chi connectivity index (χ4v) is 2.55. The molecule has 5 nitrogen and oxygen atoms in total. The quantitative estimate of drug-likeness (QED) is 0.735. The maximum Gasteiger partial charge on any atom is 0.221 e. The van der Waals surface area contributed by atoms with E-state index in [1.807, 2.05) is 19.1 Å². The molecule has 2 rings (SSSR count). The van der Waals surface area contributed by atoms with Crippen molar-refractivity contribution in [2.45, 2.75) is 13.3 Å². The van der Waals surface area contributed by atoms with Gasteiger partial charge in [0.2, 0.25) is 5.91 Å². The van der Waals surface area contributed by atoms with E-state index in [1.165, 1.54) is 0 Å². The number of amides is 1. The van der Waals surface area contributed by atoms with Crippen molar-refractivity contribution in [3.63, 3.8) is 0 Å². The van der Waals surface area contributed by atoms with Crippen LogP contribution in [0.4, 0.5) is 11.4 Å². The number of nitrogens with two attached hydrogens (primary N) is 1. The summed E-state index contributed by atoms with van der Waals surface area (Å²) >= 11 is 1.62. The Balaban J connectivity index is 2.12. The van der Waals surface area contributed by atoms with Gasteiger partial charge in [0.15, 0.2) is 0 Å². The predicted octanol–water partition coefficient (Wildman–Crippen LogP) is 1.73. The molecular formula is C12H16N4OS. The molecule has 0 fully saturated rings. The first-order valence-electron chi connectivity index (χ1n) is 5.71. The molecule has 18 heavy (non-hydrogen) atoms. The molecule has 0 saturated carbocycles. The normalized spacial score (nSPS) is 10.6. The number of anilines is 2. The summed E-state index contributed by atoms with van der Waals surface area (Å²) in [7, 11) is 1.63. The highest BCUT2D eigenvalue weighted by Crippen LogP contribution is 2.29. The van der Waals surface area contributed by atoms with Gasteiger partial charge in [0.1, 0.15) is 0 Å². The number of thiazole rings is 1. The van der Waals surface area contributed by atoms with Gasteiger partial charge in [-0.2, -0.15) is 0 Å². The van der Waals surface area contributed by atoms with Crippen molar-refractivity contribution < 1.29 is 4.79 Å². The number of fused-ring (bicyclic) bond motifs is 1. The maximum absolute atomic E-state index is 11.1. The van der Waals surface area contributed by atoms with E-state index in [0.29, 0.717) is 18.7 Å². The molecule has 0 aliphatic rings. The van der Waals surface area contributed by atoms with Gasteiger partial charge in [0.25, 0.3) is 0 Å². The molecule has 1 aromatic heterocycles. The SMILES string of the molecule is CNC(=O)CCNc1cc2nc(C)sc2cc1N. The van der Waals surface area contributed by atoms with E-state index >= 15 is 0 Å². The van der Waals surface area contributed by atoms with Crippen LogP contribution in [0.2, 0.25) is 0 Å². The van der Waals surface area contributed by atoms with Crippen molar-refractivity contribution in [1.29, 1.82) is 0 Å². The van der Waals surface area contributed by atoms with E-state index in [9.17, 15) is 4.79 Å². The second-order valence-electron chi connectivity index (χ2n) is 3.99. The van der Waals surface area contributed by atoms with Crippen molar-refractivity contribution in [2.75, 3.05) is 24.6 Å². The number of nitrogen functional groups attached to an aromatic ring is 1. The summed E-state index contributed by atoms with van der Waals surface area (Å²) in [6.07, 6.45) is 0.421. The molecule has 0 unspecified atom stereocenters. The predicted molar refractivity (Wildman–Crippen MR) is 75.9 cm³/mol. The molecule has 0 aliphatic carbocycles. The van der Waals surface area contributed by atoms with Crippen molar-refractivity contribution in [1.82, 2.24) is 10.3 Å². The molecule has 6 heteroatoms. The summed E-state index contributed by atoms with van der Waals surface area (Å²) in [5.41, 5.74) is 8.41. The number of aryl methyl sites for hydroxylation is 1. The zero-order chi connectivity index (χ0) is 13.1. The Hall–Kier alpha value is -1.82. The topological polar surface area (TPSA) is 80.0 Å². The molecule has 96 valence electrons. The highest BCUT2D eigenvalue weighted by atomic mass is 32.1. The third-order valence-electron chi connectivity index (χ3n) is 2.61. The fraction of sp³-hybridized carbons (Fsp3) is 0.333. The molecule has 1 heterocycles. The largest absolute Gasteiger partial charge is 0.397 e. The van der Waals surface area contributed by atoms with Crippen molar-refractivity contribution in [3.8, 4) is 0 Å². The van der Waals surface area contributed by atoms with Crippen LogP contribution in [0.25, 0.3) is 10.2 Å². The Kier molecular flexibility index (Phi) is 3.66. The van der Waals surface area contributed by atoms with Gasteiger partial charge in [0.05, 0.1) is 26.6 Å². The molecule has 1 aromatic carbocycles. The Morgan fingerprint density at radius 3 is 3.00 bits per heavy atom. The van der Waals surface area contributed by atoms with Crippen LogP contribution in [0.5, 0.6) is 0 Å². The third kappa shape index (κ3) is 2.70. The number of nitrogens with zero attached hydrogens (tertiary/aromatic N) is 1. The minimum atomic E-state index is 0.00616. The van der Waals surface area contributed by atoms with Gasteiger partial charge >= 0.3 is 0 Å². The molecule has 0 spiro atoms. The lowest BCUT2D eigenvalue weighted by Crippen LogP contribution is -2.21. The lowest BCUT2D eigenvalue weighted by molar-refractivity contribution is -0.120. The Morgan fingerprint density at radius 2 is 2.28 bits per heavy atom. The first kappa shape index (κ1) is 12.6. The molecule has 4 N–H and O–H groups in total. The summed E-state index contributed by atoms with van der Waals surface area (Å²) in [6.45, 7) is 2.53. The van der Waals surface area contributed by atoms with Gasteiger partial charge in [-0.25, -0.2) is 4.98 Å². The maximum atomic E-state index is 11.1. The molecular weight excluding hydrogens is 248 g/mol. The van der Waals surface area contributed by atoms with E-state index in [1.54, 1.807) is 18.4 Å². The number of rotatable bonds is 4. The zero-order valence-electron chi connectivity index (χ0n) is 10.4. The van der Waals surface area contributed by atoms with Crippen LogP contribution >= 0.6 is 11.3 Å². The molecule has 0 atom stereocenters. The van der Waals surface area contributed by atoms with Crippen LogP contribution in [0.3, 0.4) is 0 Å². The minimum absolute atomic E-state index is 0.00616. The Morgan fingerprint density at radius 1 is 1.50 bits per heavy atom. The van der Waals surface area contributed by atoms with Gasteiger partial charge < -0.3 is 16.4 Å². The summed E-state index contributed by atoms with van der Waals surface area (Å²) in [5, 5.41) is 6.76. The van der Waals surface area contributed by atoms with Crippen LogP contribution < -0.4 is 16.4 Å². The number of aromatic nitrogens is 1. The zero-order valence-corrected chi connectivity index (χ0v) is 11.2. The molecule has 0 radical (unpaired) electrons. The van der Waals surface area contributed by atoms with Crippen LogP contribution in [0.15, 0.2) is 12.1 Å². The standard InChI is InChI=1S/C12H16N4OS/c1-7-16-10-6-9(8(13)5-11(10)18-7)15-4-3-12(17)14-2/h5-6,15H,3-4,13H2,1-2H3,(H,14,17). The minimum Gasteiger partial charge on any atom is -0.397 e. The molecule has 0 aliphatic heterocycles. The van der Waals surface area contributed by atoms with E-state index in [-0.39, 0.29) is 5.91 Å². The van der Waals surface area contributed by atoms with E-state index < -0.39 is 0 Å². The van der Waals surface area contributed by atoms with Gasteiger partial charge in [-0.1, -0.05) is 0 Å². The summed E-state index contributed by atoms with van der Waals surface area (Å²) in [4.78, 5) is 15.5. The molecule has 2 aromatic rings. The Bertz CT molecular complexity index is 579. The lowest BCUT2D eigenvalue weighted by Gasteiger charge is -2.08. The van der Waals surface area contributed by atoms with Gasteiger partial charge in [-0.15, -0.1) is 11.3 Å². The van der Waals surface area contributed by atoms with Gasteiger partial charge in [-0.05, 0) is 19.1 Å². The summed E-state index contributed by atoms with van der Waals surface area (Å²) in [5.74, 6) is 0.00616. The summed E-state index contributed by atoms with van der Waals surface area (Å²) in [6, 6.07) is 3.85. The number of hydrogen-bond donors (Lipinski definition) is 3. The second kappa shape index (κ2) is 5.22. The molecule has 0 saturated heterocycles. The van der Waals surface area contributed by atoms with Crippen molar-refractivity contribution in [3.05, 3.63) is 17.1 Å². The van der Waals surface area contributed by atoms with E-state index in [4.69, 9.17) is 5.73 Å². The molecule has 0 bridgehead atoms. The van der Waals surface area contributed by atoms with E-state index in [2.05, 4.69) is 15.6 Å². The van der Waals surface area contributed by atoms with Gasteiger partial charge in [0, 0.05) is 20.0 Å². The number of carbonyl (C=O) groups is 1. The lowest BCUT2D eigenvalue weighted by atomic mass is 10.2. The monoisotopic (exact) mass is 264 g/mol. The van der Waals surface area contributed by atoms with Crippen LogP contribution in [-0.4, -0.2) is 24.5 Å². The second-order valence-corrected chi connectivity index (χ2v) is 5.22. The van der Waals surface area contributed by atoms with Gasteiger partial charge in [-0.3, -0.25) is 4.79 Å². The first-order chi connectivity index (χ1) is 8.60. The smallest absolute Gasteiger partial charge is 0.221 e. The van der Waals surface area contributed by atoms with Crippen molar-refractivity contribution >= 4 is 38.8 Å². The third-order valence-corrected chi connectivity index (χ3v) is 3.55. The highest BCUT2D eigenvalue weighted by molar-refractivity contribution is 7.18. The van der Waals surface area contributed by atoms with Crippen LogP contribution in [-0.2, 0) is 4.79 Å². The number of nitrogens with one attached hydrogen (secondary N) is 2. The Labute approximate surface area is 109 Å². The average Bonchev–Trinajstić information content (AvgIpc) is 2.68. The fourth-order valence-electron chi connectivity index (χ4n) is 1.69. The van der Waals surface area contributed by atoms with E-state index in [0.717, 1.165) is 20.9 Å².